The van der Waals surface area contributed by atoms with Gasteiger partial charge in [0.25, 0.3) is 0 Å². The van der Waals surface area contributed by atoms with E-state index in [9.17, 15) is 10.2 Å². The molecule has 0 amide bonds. The van der Waals surface area contributed by atoms with Gasteiger partial charge in [-0.2, -0.15) is 0 Å². The molecule has 1 rings (SSSR count). The van der Waals surface area contributed by atoms with Crippen LogP contribution in [0.15, 0.2) is 12.1 Å². The molecule has 78 valence electrons. The van der Waals surface area contributed by atoms with Gasteiger partial charge in [0.1, 0.15) is 5.75 Å². The lowest BCUT2D eigenvalue weighted by molar-refractivity contribution is 0.195. The molecule has 1 unspecified atom stereocenters. The average Bonchev–Trinajstić information content (AvgIpc) is 2.07. The van der Waals surface area contributed by atoms with Gasteiger partial charge in [0.15, 0.2) is 0 Å². The predicted octanol–water partition coefficient (Wildman–Crippen LogP) is 3.22. The molecule has 0 bridgehead atoms. The van der Waals surface area contributed by atoms with Crippen molar-refractivity contribution in [3.8, 4) is 5.75 Å². The van der Waals surface area contributed by atoms with E-state index in [2.05, 4.69) is 0 Å². The summed E-state index contributed by atoms with van der Waals surface area (Å²) in [6.45, 7) is 5.60. The molecule has 2 N–H and O–H groups in total. The van der Waals surface area contributed by atoms with Gasteiger partial charge < -0.3 is 10.2 Å². The van der Waals surface area contributed by atoms with Crippen molar-refractivity contribution < 1.29 is 10.2 Å². The maximum absolute atomic E-state index is 9.62. The Labute approximate surface area is 89.1 Å². The Bertz CT molecular complexity index is 299. The average molecular weight is 215 g/mol. The number of hydrogen-bond acceptors (Lipinski definition) is 2. The maximum Gasteiger partial charge on any atom is 0.121 e. The fourth-order valence-electron chi connectivity index (χ4n) is 1.37. The van der Waals surface area contributed by atoms with E-state index in [1.807, 2.05) is 13.8 Å². The lowest BCUT2D eigenvalue weighted by Crippen LogP contribution is -1.96. The van der Waals surface area contributed by atoms with Gasteiger partial charge in [0.05, 0.1) is 6.10 Å². The van der Waals surface area contributed by atoms with E-state index in [1.165, 1.54) is 0 Å². The minimum absolute atomic E-state index is 0.105. The van der Waals surface area contributed by atoms with Crippen LogP contribution in [-0.4, -0.2) is 10.2 Å². The van der Waals surface area contributed by atoms with Gasteiger partial charge in [-0.25, -0.2) is 0 Å². The Hall–Kier alpha value is -0.730. The minimum atomic E-state index is -0.700. The van der Waals surface area contributed by atoms with Crippen molar-refractivity contribution >= 4 is 11.6 Å². The number of hydrogen-bond donors (Lipinski definition) is 2. The molecule has 0 aliphatic carbocycles. The normalized spacial score (nSPS) is 13.3. The topological polar surface area (TPSA) is 40.5 Å². The van der Waals surface area contributed by atoms with Gasteiger partial charge in [-0.05, 0) is 30.5 Å². The van der Waals surface area contributed by atoms with Crippen molar-refractivity contribution in [1.82, 2.24) is 0 Å². The Balaban J connectivity index is 3.24. The van der Waals surface area contributed by atoms with Gasteiger partial charge in [-0.1, -0.05) is 25.4 Å². The van der Waals surface area contributed by atoms with Crippen LogP contribution in [0.1, 0.15) is 43.9 Å². The van der Waals surface area contributed by atoms with Crippen LogP contribution in [0.3, 0.4) is 0 Å². The molecular weight excluding hydrogens is 200 g/mol. The van der Waals surface area contributed by atoms with Crippen molar-refractivity contribution in [3.05, 3.63) is 28.3 Å². The van der Waals surface area contributed by atoms with E-state index in [0.29, 0.717) is 10.6 Å². The van der Waals surface area contributed by atoms with Crippen LogP contribution >= 0.6 is 11.6 Å². The van der Waals surface area contributed by atoms with Crippen LogP contribution in [-0.2, 0) is 0 Å². The summed E-state index contributed by atoms with van der Waals surface area (Å²) in [4.78, 5) is 0. The number of phenolic OH excluding ortho intramolecular Hbond substituents is 1. The van der Waals surface area contributed by atoms with Crippen LogP contribution in [0.5, 0.6) is 5.75 Å². The van der Waals surface area contributed by atoms with Crippen LogP contribution in [0.25, 0.3) is 0 Å². The first-order valence-electron chi connectivity index (χ1n) is 4.63. The second-order valence-corrected chi connectivity index (χ2v) is 4.17. The molecule has 0 saturated heterocycles. The first kappa shape index (κ1) is 11.3. The number of halogens is 1. The first-order chi connectivity index (χ1) is 6.43. The lowest BCUT2D eigenvalue weighted by atomic mass is 9.99. The van der Waals surface area contributed by atoms with Crippen molar-refractivity contribution in [2.75, 3.05) is 0 Å². The van der Waals surface area contributed by atoms with E-state index in [0.717, 1.165) is 5.56 Å². The molecule has 2 nitrogen and oxygen atoms in total. The van der Waals surface area contributed by atoms with Crippen LogP contribution < -0.4 is 0 Å². The van der Waals surface area contributed by atoms with Gasteiger partial charge in [0, 0.05) is 10.6 Å². The second-order valence-electron chi connectivity index (χ2n) is 3.76. The van der Waals surface area contributed by atoms with E-state index < -0.39 is 6.10 Å². The van der Waals surface area contributed by atoms with Crippen LogP contribution in [0.4, 0.5) is 0 Å². The highest BCUT2D eigenvalue weighted by molar-refractivity contribution is 6.31. The summed E-state index contributed by atoms with van der Waals surface area (Å²) in [5.74, 6) is 0.365. The van der Waals surface area contributed by atoms with E-state index in [-0.39, 0.29) is 11.7 Å². The fourth-order valence-corrected chi connectivity index (χ4v) is 1.76. The van der Waals surface area contributed by atoms with Gasteiger partial charge >= 0.3 is 0 Å². The van der Waals surface area contributed by atoms with Crippen molar-refractivity contribution in [2.45, 2.75) is 32.8 Å². The van der Waals surface area contributed by atoms with Crippen molar-refractivity contribution in [3.63, 3.8) is 0 Å². The Morgan fingerprint density at radius 1 is 1.14 bits per heavy atom. The number of aliphatic hydroxyl groups is 1. The standard InChI is InChI=1S/C11H15ClO2/c1-6(2)8-5-11(14)9(7(3)13)4-10(8)12/h4-7,13-14H,1-3H3. The summed E-state index contributed by atoms with van der Waals surface area (Å²) >= 11 is 6.02. The third kappa shape index (κ3) is 2.20. The van der Waals surface area contributed by atoms with Gasteiger partial charge in [-0.3, -0.25) is 0 Å². The van der Waals surface area contributed by atoms with Crippen LogP contribution in [0.2, 0.25) is 5.02 Å². The third-order valence-electron chi connectivity index (χ3n) is 2.22. The second kappa shape index (κ2) is 4.20. The van der Waals surface area contributed by atoms with Crippen LogP contribution in [0, 0.1) is 0 Å². The largest absolute Gasteiger partial charge is 0.508 e. The highest BCUT2D eigenvalue weighted by Crippen LogP contribution is 2.33. The Morgan fingerprint density at radius 2 is 1.71 bits per heavy atom. The molecule has 0 fully saturated rings. The van der Waals surface area contributed by atoms with Crippen molar-refractivity contribution in [1.29, 1.82) is 0 Å². The Morgan fingerprint density at radius 3 is 2.14 bits per heavy atom. The van der Waals surface area contributed by atoms with E-state index >= 15 is 0 Å². The fraction of sp³-hybridized carbons (Fsp3) is 0.455. The number of benzene rings is 1. The van der Waals surface area contributed by atoms with E-state index in [1.54, 1.807) is 19.1 Å². The number of aromatic hydroxyl groups is 1. The number of aliphatic hydroxyl groups excluding tert-OH is 1. The summed E-state index contributed by atoms with van der Waals surface area (Å²) in [7, 11) is 0. The highest BCUT2D eigenvalue weighted by Gasteiger charge is 2.13. The molecule has 0 spiro atoms. The molecule has 14 heavy (non-hydrogen) atoms. The lowest BCUT2D eigenvalue weighted by Gasteiger charge is -2.13. The zero-order chi connectivity index (χ0) is 10.9. The summed E-state index contributed by atoms with van der Waals surface area (Å²) in [5.41, 5.74) is 1.37. The summed E-state index contributed by atoms with van der Waals surface area (Å²) < 4.78 is 0. The zero-order valence-electron chi connectivity index (χ0n) is 8.58. The Kier molecular flexibility index (Phi) is 3.40. The quantitative estimate of drug-likeness (QED) is 0.794. The summed E-state index contributed by atoms with van der Waals surface area (Å²) in [6.07, 6.45) is -0.700. The smallest absolute Gasteiger partial charge is 0.121 e. The number of phenols is 1. The molecule has 3 heteroatoms. The molecule has 0 aliphatic heterocycles. The molecule has 0 radical (unpaired) electrons. The molecular formula is C11H15ClO2. The maximum atomic E-state index is 9.62. The molecule has 0 heterocycles. The highest BCUT2D eigenvalue weighted by atomic mass is 35.5. The van der Waals surface area contributed by atoms with E-state index in [4.69, 9.17) is 11.6 Å². The summed E-state index contributed by atoms with van der Waals surface area (Å²) in [5, 5.41) is 19.5. The monoisotopic (exact) mass is 214 g/mol. The molecule has 1 aromatic rings. The molecule has 0 aromatic heterocycles. The van der Waals surface area contributed by atoms with Crippen molar-refractivity contribution in [2.24, 2.45) is 0 Å². The molecule has 0 saturated carbocycles. The zero-order valence-corrected chi connectivity index (χ0v) is 9.34. The molecule has 1 atom stereocenters. The summed E-state index contributed by atoms with van der Waals surface area (Å²) in [6, 6.07) is 3.24. The number of rotatable bonds is 2. The van der Waals surface area contributed by atoms with Gasteiger partial charge in [-0.15, -0.1) is 0 Å². The minimum Gasteiger partial charge on any atom is -0.508 e. The molecule has 1 aromatic carbocycles. The molecule has 0 aliphatic rings. The SMILES string of the molecule is CC(C)c1cc(O)c(C(C)O)cc1Cl. The third-order valence-corrected chi connectivity index (χ3v) is 2.55. The first-order valence-corrected chi connectivity index (χ1v) is 5.01. The van der Waals surface area contributed by atoms with Gasteiger partial charge in [0.2, 0.25) is 0 Å². The predicted molar refractivity (Wildman–Crippen MR) is 57.8 cm³/mol.